The molecule has 0 radical (unpaired) electrons. The maximum atomic E-state index is 14.4. The van der Waals surface area contributed by atoms with Crippen molar-refractivity contribution in [2.24, 2.45) is 0 Å². The number of nitrogens with zero attached hydrogens (tertiary/aromatic N) is 5. The minimum atomic E-state index is -1.26. The summed E-state index contributed by atoms with van der Waals surface area (Å²) in [5, 5.41) is 12.5. The van der Waals surface area contributed by atoms with Gasteiger partial charge in [0.05, 0.1) is 27.9 Å². The Kier molecular flexibility index (Phi) is 6.44. The molecule has 2 N–H and O–H groups in total. The van der Waals surface area contributed by atoms with Crippen LogP contribution < -0.4 is 10.2 Å². The van der Waals surface area contributed by atoms with Gasteiger partial charge in [-0.1, -0.05) is 23.7 Å². The molecule has 0 unspecified atom stereocenters. The highest BCUT2D eigenvalue weighted by Crippen LogP contribution is 2.33. The molecule has 0 saturated heterocycles. The molecule has 0 fully saturated rings. The first kappa shape index (κ1) is 23.3. The number of hydrogen-bond acceptors (Lipinski definition) is 8. The summed E-state index contributed by atoms with van der Waals surface area (Å²) >= 11 is 5.88. The monoisotopic (exact) mass is 514 g/mol. The number of aryl methyl sites for hydroxylation is 1. The summed E-state index contributed by atoms with van der Waals surface area (Å²) in [7, 11) is -1.26. The zero-order valence-electron chi connectivity index (χ0n) is 18.4. The highest BCUT2D eigenvalue weighted by atomic mass is 35.5. The van der Waals surface area contributed by atoms with Gasteiger partial charge in [-0.15, -0.1) is 0 Å². The van der Waals surface area contributed by atoms with Crippen molar-refractivity contribution in [3.05, 3.63) is 64.6 Å². The predicted molar refractivity (Wildman–Crippen MR) is 130 cm³/mol. The summed E-state index contributed by atoms with van der Waals surface area (Å²) in [4.78, 5) is 31.3. The van der Waals surface area contributed by atoms with Gasteiger partial charge < -0.3 is 15.3 Å². The van der Waals surface area contributed by atoms with Crippen molar-refractivity contribution in [3.8, 4) is 0 Å². The normalized spacial score (nSPS) is 17.1. The standard InChI is InChI=1S/C23H20ClFN6O3S/c24-15-11-26-21(27-12-15)13-3-6-31(7-4-13)23-29-18-5-8-35(34)20(18)22(30-23)28-16-2-1-14(9-19(32)33)17(25)10-16/h1-3,10-12H,4-9H2,(H,32,33)(H,28,29,30)/t35-/m0/s1. The first-order valence-corrected chi connectivity index (χ1v) is 12.6. The van der Waals surface area contributed by atoms with Crippen molar-refractivity contribution >= 4 is 51.4 Å². The second kappa shape index (κ2) is 9.67. The minimum absolute atomic E-state index is 0.0841. The van der Waals surface area contributed by atoms with Gasteiger partial charge in [0, 0.05) is 43.3 Å². The number of aromatic nitrogens is 4. The third-order valence-electron chi connectivity index (χ3n) is 5.73. The molecule has 0 amide bonds. The summed E-state index contributed by atoms with van der Waals surface area (Å²) in [5.74, 6) is 0.186. The summed E-state index contributed by atoms with van der Waals surface area (Å²) < 4.78 is 27.0. The number of carboxylic acid groups (broad SMARTS) is 1. The minimum Gasteiger partial charge on any atom is -0.481 e. The number of fused-ring (bicyclic) bond motifs is 1. The Bertz CT molecular complexity index is 1370. The van der Waals surface area contributed by atoms with Crippen molar-refractivity contribution in [1.82, 2.24) is 19.9 Å². The maximum absolute atomic E-state index is 14.4. The molecule has 4 heterocycles. The van der Waals surface area contributed by atoms with Gasteiger partial charge >= 0.3 is 5.97 Å². The van der Waals surface area contributed by atoms with Crippen LogP contribution in [0.5, 0.6) is 0 Å². The molecule has 0 saturated carbocycles. The van der Waals surface area contributed by atoms with Gasteiger partial charge in [0.2, 0.25) is 5.95 Å². The molecule has 0 spiro atoms. The lowest BCUT2D eigenvalue weighted by atomic mass is 10.1. The van der Waals surface area contributed by atoms with Crippen LogP contribution in [0.2, 0.25) is 5.02 Å². The van der Waals surface area contributed by atoms with Crippen LogP contribution in [-0.2, 0) is 28.4 Å². The fourth-order valence-corrected chi connectivity index (χ4v) is 5.41. The summed E-state index contributed by atoms with van der Waals surface area (Å²) in [6, 6.07) is 4.21. The van der Waals surface area contributed by atoms with Crippen LogP contribution in [0.1, 0.15) is 23.5 Å². The zero-order chi connectivity index (χ0) is 24.5. The second-order valence-electron chi connectivity index (χ2n) is 8.10. The average Bonchev–Trinajstić information content (AvgIpc) is 3.22. The SMILES string of the molecule is O=C(O)Cc1ccc(Nc2nc(N3CC=C(c4ncc(Cl)cn4)CC3)nc3c2[S@@](=O)CC3)cc1F. The van der Waals surface area contributed by atoms with Gasteiger partial charge in [0.25, 0.3) is 0 Å². The molecule has 1 atom stereocenters. The Hall–Kier alpha value is -3.44. The smallest absolute Gasteiger partial charge is 0.307 e. The fraction of sp³-hybridized carbons (Fsp3) is 0.261. The van der Waals surface area contributed by atoms with E-state index in [4.69, 9.17) is 16.7 Å². The predicted octanol–water partition coefficient (Wildman–Crippen LogP) is 3.39. The van der Waals surface area contributed by atoms with Crippen LogP contribution in [0.4, 0.5) is 21.8 Å². The van der Waals surface area contributed by atoms with Crippen LogP contribution in [0.25, 0.3) is 5.57 Å². The van der Waals surface area contributed by atoms with E-state index in [2.05, 4.69) is 25.3 Å². The third-order valence-corrected chi connectivity index (χ3v) is 7.39. The Labute approximate surface area is 207 Å². The Morgan fingerprint density at radius 2 is 2.03 bits per heavy atom. The lowest BCUT2D eigenvalue weighted by Crippen LogP contribution is -2.30. The van der Waals surface area contributed by atoms with Crippen molar-refractivity contribution in [1.29, 1.82) is 0 Å². The van der Waals surface area contributed by atoms with Gasteiger partial charge in [0.15, 0.2) is 11.6 Å². The van der Waals surface area contributed by atoms with Crippen molar-refractivity contribution < 1.29 is 18.5 Å². The zero-order valence-corrected chi connectivity index (χ0v) is 19.9. The van der Waals surface area contributed by atoms with Gasteiger partial charge in [-0.25, -0.2) is 19.3 Å². The lowest BCUT2D eigenvalue weighted by Gasteiger charge is -2.27. The number of carbonyl (C=O) groups is 1. The van der Waals surface area contributed by atoms with E-state index in [1.165, 1.54) is 12.1 Å². The summed E-state index contributed by atoms with van der Waals surface area (Å²) in [6.45, 7) is 1.18. The van der Waals surface area contributed by atoms with Crippen LogP contribution >= 0.6 is 11.6 Å². The molecule has 0 bridgehead atoms. The number of rotatable bonds is 6. The molecule has 35 heavy (non-hydrogen) atoms. The Balaban J connectivity index is 1.41. The number of hydrogen-bond donors (Lipinski definition) is 2. The molecular formula is C23H20ClFN6O3S. The number of halogens is 2. The van der Waals surface area contributed by atoms with E-state index in [0.717, 1.165) is 5.57 Å². The van der Waals surface area contributed by atoms with Gasteiger partial charge in [-0.2, -0.15) is 4.98 Å². The van der Waals surface area contributed by atoms with E-state index >= 15 is 0 Å². The van der Waals surface area contributed by atoms with E-state index in [9.17, 15) is 13.4 Å². The largest absolute Gasteiger partial charge is 0.481 e. The highest BCUT2D eigenvalue weighted by Gasteiger charge is 2.28. The first-order chi connectivity index (χ1) is 16.9. The van der Waals surface area contributed by atoms with E-state index in [1.54, 1.807) is 18.5 Å². The number of benzene rings is 1. The van der Waals surface area contributed by atoms with Crippen LogP contribution in [0, 0.1) is 5.82 Å². The van der Waals surface area contributed by atoms with E-state index in [-0.39, 0.29) is 5.56 Å². The lowest BCUT2D eigenvalue weighted by molar-refractivity contribution is -0.136. The molecule has 9 nitrogen and oxygen atoms in total. The fourth-order valence-electron chi connectivity index (χ4n) is 4.01. The number of aliphatic carboxylic acids is 1. The highest BCUT2D eigenvalue weighted by molar-refractivity contribution is 7.85. The second-order valence-corrected chi connectivity index (χ2v) is 10.0. The average molecular weight is 515 g/mol. The van der Waals surface area contributed by atoms with Crippen molar-refractivity contribution in [3.63, 3.8) is 0 Å². The molecular weight excluding hydrogens is 495 g/mol. The van der Waals surface area contributed by atoms with Crippen LogP contribution in [0.3, 0.4) is 0 Å². The summed E-state index contributed by atoms with van der Waals surface area (Å²) in [6.07, 6.45) is 5.99. The molecule has 2 aromatic heterocycles. The molecule has 12 heteroatoms. The van der Waals surface area contributed by atoms with Gasteiger partial charge in [-0.3, -0.25) is 9.00 Å². The van der Waals surface area contributed by atoms with E-state index in [0.29, 0.717) is 70.6 Å². The summed E-state index contributed by atoms with van der Waals surface area (Å²) in [5.41, 5.74) is 2.18. The molecule has 1 aromatic carbocycles. The molecule has 5 rings (SSSR count). The molecule has 2 aliphatic rings. The van der Waals surface area contributed by atoms with Crippen LogP contribution in [-0.4, -0.2) is 54.1 Å². The maximum Gasteiger partial charge on any atom is 0.307 e. The number of carboxylic acids is 1. The Morgan fingerprint density at radius 1 is 1.23 bits per heavy atom. The van der Waals surface area contributed by atoms with E-state index in [1.807, 2.05) is 11.0 Å². The molecule has 2 aliphatic heterocycles. The number of nitrogens with one attached hydrogen (secondary N) is 1. The van der Waals surface area contributed by atoms with Gasteiger partial charge in [-0.05, 0) is 29.7 Å². The number of anilines is 3. The molecule has 180 valence electrons. The molecule has 0 aliphatic carbocycles. The first-order valence-electron chi connectivity index (χ1n) is 10.9. The van der Waals surface area contributed by atoms with Gasteiger partial charge in [0.1, 0.15) is 10.7 Å². The third kappa shape index (κ3) is 5.01. The van der Waals surface area contributed by atoms with Crippen LogP contribution in [0.15, 0.2) is 41.6 Å². The molecule has 3 aromatic rings. The van der Waals surface area contributed by atoms with Crippen molar-refractivity contribution in [2.75, 3.05) is 29.1 Å². The Morgan fingerprint density at radius 3 is 2.71 bits per heavy atom. The quantitative estimate of drug-likeness (QED) is 0.509. The van der Waals surface area contributed by atoms with E-state index < -0.39 is 29.0 Å². The van der Waals surface area contributed by atoms with Crippen molar-refractivity contribution in [2.45, 2.75) is 24.2 Å². The topological polar surface area (TPSA) is 121 Å².